The Labute approximate surface area is 108 Å². The van der Waals surface area contributed by atoms with Crippen LogP contribution in [0.25, 0.3) is 0 Å². The van der Waals surface area contributed by atoms with Gasteiger partial charge in [-0.3, -0.25) is 0 Å². The molecule has 0 N–H and O–H groups in total. The molecule has 1 aromatic heterocycles. The summed E-state index contributed by atoms with van der Waals surface area (Å²) in [6.07, 6.45) is 3.43. The van der Waals surface area contributed by atoms with E-state index in [1.165, 1.54) is 17.6 Å². The summed E-state index contributed by atoms with van der Waals surface area (Å²) in [5.41, 5.74) is -0.408. The minimum absolute atomic E-state index is 0.183. The maximum atomic E-state index is 6.20. The topological polar surface area (TPSA) is 18.5 Å². The lowest BCUT2D eigenvalue weighted by Crippen LogP contribution is -2.44. The van der Waals surface area contributed by atoms with Crippen LogP contribution < -0.4 is 4.78 Å². The second kappa shape index (κ2) is 4.75. The van der Waals surface area contributed by atoms with Gasteiger partial charge in [-0.15, -0.1) is 0 Å². The Morgan fingerprint density at radius 1 is 1.29 bits per heavy atom. The highest BCUT2D eigenvalue weighted by atomic mass is 32.1. The van der Waals surface area contributed by atoms with Crippen LogP contribution in [-0.2, 0) is 9.31 Å². The van der Waals surface area contributed by atoms with Crippen molar-refractivity contribution in [1.82, 2.24) is 0 Å². The second-order valence-corrected chi connectivity index (χ2v) is 6.41. The van der Waals surface area contributed by atoms with E-state index in [4.69, 9.17) is 9.31 Å². The zero-order valence-electron chi connectivity index (χ0n) is 11.2. The Hall–Kier alpha value is -0.315. The quantitative estimate of drug-likeness (QED) is 0.766. The third kappa shape index (κ3) is 2.44. The highest BCUT2D eigenvalue weighted by Crippen LogP contribution is 2.40. The Morgan fingerprint density at radius 2 is 2.06 bits per heavy atom. The average Bonchev–Trinajstić information content (AvgIpc) is 2.84. The molecule has 1 aliphatic heterocycles. The molecule has 1 atom stereocenters. The van der Waals surface area contributed by atoms with Crippen molar-refractivity contribution in [2.24, 2.45) is 0 Å². The summed E-state index contributed by atoms with van der Waals surface area (Å²) in [6.45, 7) is 8.66. The van der Waals surface area contributed by atoms with Crippen molar-refractivity contribution in [2.75, 3.05) is 0 Å². The Kier molecular flexibility index (Phi) is 3.67. The van der Waals surface area contributed by atoms with Crippen LogP contribution in [0.5, 0.6) is 0 Å². The maximum absolute atomic E-state index is 6.20. The van der Waals surface area contributed by atoms with E-state index in [1.54, 1.807) is 11.3 Å². The highest BCUT2D eigenvalue weighted by Gasteiger charge is 2.54. The third-order valence-electron chi connectivity index (χ3n) is 3.83. The van der Waals surface area contributed by atoms with Gasteiger partial charge in [0, 0.05) is 4.78 Å². The summed E-state index contributed by atoms with van der Waals surface area (Å²) in [6, 6.07) is 4.12. The van der Waals surface area contributed by atoms with E-state index in [-0.39, 0.29) is 18.3 Å². The number of thiophene rings is 1. The lowest BCUT2D eigenvalue weighted by atomic mass is 9.83. The lowest BCUT2D eigenvalue weighted by molar-refractivity contribution is -0.0169. The zero-order valence-corrected chi connectivity index (χ0v) is 12.0. The molecule has 1 saturated heterocycles. The molecule has 1 unspecified atom stereocenters. The Balaban J connectivity index is 2.14. The summed E-state index contributed by atoms with van der Waals surface area (Å²) in [5.74, 6) is 0. The molecule has 0 radical (unpaired) electrons. The van der Waals surface area contributed by atoms with Gasteiger partial charge >= 0.3 is 7.12 Å². The largest absolute Gasteiger partial charge is 0.505 e. The van der Waals surface area contributed by atoms with Gasteiger partial charge in [0.2, 0.25) is 0 Å². The minimum atomic E-state index is -0.225. The van der Waals surface area contributed by atoms with Crippen molar-refractivity contribution in [3.63, 3.8) is 0 Å². The molecule has 0 spiro atoms. The van der Waals surface area contributed by atoms with Gasteiger partial charge in [0.15, 0.2) is 0 Å². The van der Waals surface area contributed by atoms with E-state index < -0.39 is 0 Å². The first-order valence-electron chi connectivity index (χ1n) is 6.37. The van der Waals surface area contributed by atoms with Gasteiger partial charge in [-0.2, -0.15) is 11.3 Å². The fraction of sp³-hybridized carbons (Fsp3) is 0.692. The molecule has 1 aromatic rings. The molecule has 94 valence electrons. The monoisotopic (exact) mass is 252 g/mol. The average molecular weight is 252 g/mol. The van der Waals surface area contributed by atoms with Gasteiger partial charge in [-0.1, -0.05) is 31.9 Å². The van der Waals surface area contributed by atoms with Gasteiger partial charge in [0.1, 0.15) is 0 Å². The molecular weight excluding hydrogens is 231 g/mol. The first-order valence-corrected chi connectivity index (χ1v) is 7.25. The number of unbranched alkanes of at least 4 members (excludes halogenated alkanes) is 1. The van der Waals surface area contributed by atoms with Crippen molar-refractivity contribution in [3.8, 4) is 0 Å². The second-order valence-electron chi connectivity index (χ2n) is 5.43. The molecule has 0 amide bonds. The zero-order chi connectivity index (χ0) is 12.5. The molecule has 0 aliphatic carbocycles. The van der Waals surface area contributed by atoms with Crippen LogP contribution in [0.1, 0.15) is 47.0 Å². The SMILES string of the molecule is CCCCC1(C)OB(c2cccs2)OC1(C)C. The molecule has 17 heavy (non-hydrogen) atoms. The lowest BCUT2D eigenvalue weighted by Gasteiger charge is -2.36. The molecule has 1 fully saturated rings. The molecule has 0 bridgehead atoms. The van der Waals surface area contributed by atoms with E-state index in [2.05, 4.69) is 39.1 Å². The summed E-state index contributed by atoms with van der Waals surface area (Å²) in [7, 11) is -0.188. The third-order valence-corrected chi connectivity index (χ3v) is 4.72. The standard InChI is InChI=1S/C13H21BO2S/c1-5-6-9-13(4)12(2,3)15-14(16-13)11-8-7-10-17-11/h7-8,10H,5-6,9H2,1-4H3. The Morgan fingerprint density at radius 3 is 2.65 bits per heavy atom. The molecule has 2 nitrogen and oxygen atoms in total. The van der Waals surface area contributed by atoms with Crippen molar-refractivity contribution < 1.29 is 9.31 Å². The molecule has 4 heteroatoms. The van der Waals surface area contributed by atoms with E-state index in [0.29, 0.717) is 0 Å². The number of hydrogen-bond donors (Lipinski definition) is 0. The molecule has 1 aliphatic rings. The summed E-state index contributed by atoms with van der Waals surface area (Å²) in [4.78, 5) is 0. The van der Waals surface area contributed by atoms with Crippen LogP contribution in [0.15, 0.2) is 17.5 Å². The van der Waals surface area contributed by atoms with Gasteiger partial charge in [0.25, 0.3) is 0 Å². The predicted molar refractivity (Wildman–Crippen MR) is 73.9 cm³/mol. The van der Waals surface area contributed by atoms with Gasteiger partial charge < -0.3 is 9.31 Å². The van der Waals surface area contributed by atoms with Crippen molar-refractivity contribution in [3.05, 3.63) is 17.5 Å². The first-order chi connectivity index (χ1) is 7.98. The fourth-order valence-electron chi connectivity index (χ4n) is 2.21. The Bertz CT molecular complexity index is 364. The van der Waals surface area contributed by atoms with Gasteiger partial charge in [-0.25, -0.2) is 0 Å². The van der Waals surface area contributed by atoms with Gasteiger partial charge in [-0.05, 0) is 32.6 Å². The fourth-order valence-corrected chi connectivity index (χ4v) is 2.89. The van der Waals surface area contributed by atoms with Crippen LogP contribution in [0.2, 0.25) is 0 Å². The molecular formula is C13H21BO2S. The summed E-state index contributed by atoms with van der Waals surface area (Å²) in [5, 5.41) is 2.07. The van der Waals surface area contributed by atoms with E-state index in [9.17, 15) is 0 Å². The van der Waals surface area contributed by atoms with Crippen LogP contribution >= 0.6 is 11.3 Å². The van der Waals surface area contributed by atoms with Crippen LogP contribution in [-0.4, -0.2) is 18.3 Å². The molecule has 2 heterocycles. The number of hydrogen-bond acceptors (Lipinski definition) is 3. The van der Waals surface area contributed by atoms with Crippen molar-refractivity contribution in [1.29, 1.82) is 0 Å². The van der Waals surface area contributed by atoms with E-state index in [1.807, 2.05) is 6.07 Å². The molecule has 2 rings (SSSR count). The van der Waals surface area contributed by atoms with Crippen molar-refractivity contribution >= 4 is 23.2 Å². The predicted octanol–water partition coefficient (Wildman–Crippen LogP) is 3.22. The normalized spacial score (nSPS) is 27.6. The highest BCUT2D eigenvalue weighted by molar-refractivity contribution is 7.20. The van der Waals surface area contributed by atoms with Crippen LogP contribution in [0, 0.1) is 0 Å². The van der Waals surface area contributed by atoms with Crippen LogP contribution in [0.4, 0.5) is 0 Å². The first kappa shape index (κ1) is 13.1. The minimum Gasteiger partial charge on any atom is -0.399 e. The van der Waals surface area contributed by atoms with Gasteiger partial charge in [0.05, 0.1) is 11.2 Å². The van der Waals surface area contributed by atoms with Crippen LogP contribution in [0.3, 0.4) is 0 Å². The van der Waals surface area contributed by atoms with E-state index >= 15 is 0 Å². The van der Waals surface area contributed by atoms with E-state index in [0.717, 1.165) is 6.42 Å². The summed E-state index contributed by atoms with van der Waals surface area (Å²) < 4.78 is 13.5. The smallest absolute Gasteiger partial charge is 0.399 e. The molecule has 0 saturated carbocycles. The number of rotatable bonds is 4. The maximum Gasteiger partial charge on any atom is 0.505 e. The molecule has 0 aromatic carbocycles. The van der Waals surface area contributed by atoms with Crippen molar-refractivity contribution in [2.45, 2.75) is 58.2 Å². The summed E-state index contributed by atoms with van der Waals surface area (Å²) >= 11 is 1.70.